The highest BCUT2D eigenvalue weighted by Gasteiger charge is 2.36. The van der Waals surface area contributed by atoms with Crippen LogP contribution in [0.3, 0.4) is 0 Å². The van der Waals surface area contributed by atoms with Gasteiger partial charge in [0, 0.05) is 0 Å². The lowest BCUT2D eigenvalue weighted by molar-refractivity contribution is -0.114. The molecule has 0 spiro atoms. The Labute approximate surface area is 139 Å². The number of carbonyl (C=O) groups is 2. The molecule has 2 aromatic rings. The highest BCUT2D eigenvalue weighted by molar-refractivity contribution is 7.85. The first-order valence-electron chi connectivity index (χ1n) is 7.22. The van der Waals surface area contributed by atoms with Gasteiger partial charge in [-0.3, -0.25) is 14.1 Å². The van der Waals surface area contributed by atoms with E-state index in [9.17, 15) is 18.0 Å². The van der Waals surface area contributed by atoms with Crippen molar-refractivity contribution < 1.29 is 22.6 Å². The number of hydrogen-bond acceptors (Lipinski definition) is 4. The summed E-state index contributed by atoms with van der Waals surface area (Å²) >= 11 is 0. The maximum atomic E-state index is 12.3. The molecule has 24 heavy (non-hydrogen) atoms. The van der Waals surface area contributed by atoms with E-state index in [2.05, 4.69) is 0 Å². The van der Waals surface area contributed by atoms with E-state index >= 15 is 0 Å². The molecule has 0 saturated carbocycles. The van der Waals surface area contributed by atoms with E-state index in [0.29, 0.717) is 5.69 Å². The number of rotatable bonds is 3. The molecule has 0 aromatic heterocycles. The number of nitrogens with zero attached hydrogens (tertiary/aromatic N) is 1. The molecular formula is C17H15NO5S. The van der Waals surface area contributed by atoms with E-state index in [4.69, 9.17) is 4.55 Å². The Bertz CT molecular complexity index is 978. The van der Waals surface area contributed by atoms with Crippen LogP contribution in [-0.4, -0.2) is 24.7 Å². The number of anilines is 1. The monoisotopic (exact) mass is 345 g/mol. The summed E-state index contributed by atoms with van der Waals surface area (Å²) in [5.74, 6) is -1.49. The molecule has 1 N–H and O–H groups in total. The van der Waals surface area contributed by atoms with Gasteiger partial charge in [0.25, 0.3) is 21.8 Å². The first-order chi connectivity index (χ1) is 11.2. The van der Waals surface area contributed by atoms with Crippen LogP contribution >= 0.6 is 0 Å². The predicted octanol–water partition coefficient (Wildman–Crippen LogP) is 2.28. The van der Waals surface area contributed by atoms with Crippen LogP contribution < -0.4 is 4.90 Å². The summed E-state index contributed by atoms with van der Waals surface area (Å²) in [6.45, 7) is 4.07. The summed E-state index contributed by atoms with van der Waals surface area (Å²) < 4.78 is 31.5. The highest BCUT2D eigenvalue weighted by atomic mass is 32.2. The Kier molecular flexibility index (Phi) is 3.77. The zero-order valence-corrected chi connectivity index (χ0v) is 13.9. The Balaban J connectivity index is 2.05. The van der Waals surface area contributed by atoms with Crippen molar-refractivity contribution in [3.05, 3.63) is 58.7 Å². The van der Waals surface area contributed by atoms with Gasteiger partial charge in [0.15, 0.2) is 0 Å². The lowest BCUT2D eigenvalue weighted by atomic mass is 10.1. The van der Waals surface area contributed by atoms with Gasteiger partial charge in [0.05, 0.1) is 22.7 Å². The zero-order chi connectivity index (χ0) is 17.6. The van der Waals surface area contributed by atoms with Crippen molar-refractivity contribution in [2.75, 3.05) is 4.90 Å². The Morgan fingerprint density at radius 2 is 1.75 bits per heavy atom. The Morgan fingerprint density at radius 1 is 1.04 bits per heavy atom. The summed E-state index contributed by atoms with van der Waals surface area (Å²) in [6, 6.07) is 9.42. The molecule has 0 aliphatic carbocycles. The minimum Gasteiger partial charge on any atom is -0.300 e. The van der Waals surface area contributed by atoms with Gasteiger partial charge >= 0.3 is 0 Å². The van der Waals surface area contributed by atoms with Gasteiger partial charge in [-0.25, -0.2) is 0 Å². The summed E-state index contributed by atoms with van der Waals surface area (Å²) in [7, 11) is -4.44. The van der Waals surface area contributed by atoms with Crippen molar-refractivity contribution >= 4 is 27.5 Å². The van der Waals surface area contributed by atoms with Crippen LogP contribution in [0.15, 0.2) is 41.3 Å². The topological polar surface area (TPSA) is 91.8 Å². The molecule has 0 bridgehead atoms. The SMILES string of the molecule is Cc1ccc(C)c(CN2C(=O)C(=O)c3cc(S(=O)(=O)O)ccc32)c1. The number of amides is 1. The van der Waals surface area contributed by atoms with Crippen LogP contribution in [0, 0.1) is 13.8 Å². The predicted molar refractivity (Wildman–Crippen MR) is 87.7 cm³/mol. The average molecular weight is 345 g/mol. The normalized spacial score (nSPS) is 14.2. The summed E-state index contributed by atoms with van der Waals surface area (Å²) in [5, 5.41) is 0. The molecule has 3 rings (SSSR count). The molecule has 2 aromatic carbocycles. The standard InChI is InChI=1S/C17H15NO5S/c1-10-3-4-11(2)12(7-10)9-18-15-6-5-13(24(21,22)23)8-14(15)16(19)17(18)20/h3-8H,9H2,1-2H3,(H,21,22,23). The van der Waals surface area contributed by atoms with E-state index < -0.39 is 26.7 Å². The van der Waals surface area contributed by atoms with Gasteiger partial charge in [-0.15, -0.1) is 0 Å². The second-order valence-corrected chi connectivity index (χ2v) is 7.23. The molecule has 0 unspecified atom stereocenters. The largest absolute Gasteiger partial charge is 0.300 e. The average Bonchev–Trinajstić information content (AvgIpc) is 2.75. The second kappa shape index (κ2) is 5.54. The van der Waals surface area contributed by atoms with Crippen molar-refractivity contribution in [2.24, 2.45) is 0 Å². The van der Waals surface area contributed by atoms with E-state index in [1.165, 1.54) is 17.0 Å². The quantitative estimate of drug-likeness (QED) is 0.681. The third-order valence-corrected chi connectivity index (χ3v) is 4.92. The number of benzene rings is 2. The molecule has 0 radical (unpaired) electrons. The number of hydrogen-bond donors (Lipinski definition) is 1. The fourth-order valence-electron chi connectivity index (χ4n) is 2.74. The third kappa shape index (κ3) is 2.72. The molecule has 7 heteroatoms. The van der Waals surface area contributed by atoms with E-state index in [-0.39, 0.29) is 12.1 Å². The number of ketones is 1. The van der Waals surface area contributed by atoms with Gasteiger partial charge in [0.2, 0.25) is 0 Å². The molecule has 0 saturated heterocycles. The number of aryl methyl sites for hydroxylation is 2. The van der Waals surface area contributed by atoms with Gasteiger partial charge < -0.3 is 4.90 Å². The van der Waals surface area contributed by atoms with Crippen molar-refractivity contribution in [1.82, 2.24) is 0 Å². The number of Topliss-reactive ketones (excluding diaryl/α,β-unsaturated/α-hetero) is 1. The van der Waals surface area contributed by atoms with Crippen molar-refractivity contribution in [3.8, 4) is 0 Å². The third-order valence-electron chi connectivity index (χ3n) is 4.07. The lowest BCUT2D eigenvalue weighted by Gasteiger charge is -2.18. The van der Waals surface area contributed by atoms with Crippen molar-refractivity contribution in [2.45, 2.75) is 25.3 Å². The number of carbonyl (C=O) groups excluding carboxylic acids is 2. The minimum atomic E-state index is -4.44. The minimum absolute atomic E-state index is 0.0135. The van der Waals surface area contributed by atoms with E-state index in [1.54, 1.807) is 0 Å². The molecule has 1 heterocycles. The van der Waals surface area contributed by atoms with E-state index in [1.807, 2.05) is 32.0 Å². The van der Waals surface area contributed by atoms with Crippen LogP contribution in [0.4, 0.5) is 5.69 Å². The molecule has 0 atom stereocenters. The molecule has 6 nitrogen and oxygen atoms in total. The van der Waals surface area contributed by atoms with Crippen molar-refractivity contribution in [3.63, 3.8) is 0 Å². The Morgan fingerprint density at radius 3 is 2.42 bits per heavy atom. The highest BCUT2D eigenvalue weighted by Crippen LogP contribution is 2.32. The molecule has 124 valence electrons. The van der Waals surface area contributed by atoms with Crippen LogP contribution in [0.1, 0.15) is 27.0 Å². The summed E-state index contributed by atoms with van der Waals surface area (Å²) in [5.41, 5.74) is 3.26. The molecular weight excluding hydrogens is 330 g/mol. The maximum absolute atomic E-state index is 12.3. The fourth-order valence-corrected chi connectivity index (χ4v) is 3.24. The number of fused-ring (bicyclic) bond motifs is 1. The lowest BCUT2D eigenvalue weighted by Crippen LogP contribution is -2.29. The van der Waals surface area contributed by atoms with Crippen LogP contribution in [0.25, 0.3) is 0 Å². The van der Waals surface area contributed by atoms with Crippen LogP contribution in [0.5, 0.6) is 0 Å². The molecule has 1 aliphatic heterocycles. The maximum Gasteiger partial charge on any atom is 0.299 e. The Hall–Kier alpha value is -2.51. The van der Waals surface area contributed by atoms with Gasteiger partial charge in [-0.1, -0.05) is 23.8 Å². The molecule has 0 fully saturated rings. The smallest absolute Gasteiger partial charge is 0.299 e. The van der Waals surface area contributed by atoms with Crippen LogP contribution in [-0.2, 0) is 21.5 Å². The van der Waals surface area contributed by atoms with Gasteiger partial charge in [0.1, 0.15) is 0 Å². The summed E-state index contributed by atoms with van der Waals surface area (Å²) in [6.07, 6.45) is 0. The second-order valence-electron chi connectivity index (χ2n) is 5.80. The molecule has 1 amide bonds. The fraction of sp³-hybridized carbons (Fsp3) is 0.176. The van der Waals surface area contributed by atoms with Crippen LogP contribution in [0.2, 0.25) is 0 Å². The van der Waals surface area contributed by atoms with Crippen molar-refractivity contribution in [1.29, 1.82) is 0 Å². The first-order valence-corrected chi connectivity index (χ1v) is 8.66. The zero-order valence-electron chi connectivity index (χ0n) is 13.1. The molecule has 1 aliphatic rings. The summed E-state index contributed by atoms with van der Waals surface area (Å²) in [4.78, 5) is 25.4. The van der Waals surface area contributed by atoms with E-state index in [0.717, 1.165) is 22.8 Å². The van der Waals surface area contributed by atoms with Gasteiger partial charge in [-0.2, -0.15) is 8.42 Å². The van der Waals surface area contributed by atoms with Gasteiger partial charge in [-0.05, 0) is 43.2 Å². The first kappa shape index (κ1) is 16.4.